The van der Waals surface area contributed by atoms with Gasteiger partial charge in [0, 0.05) is 27.8 Å². The van der Waals surface area contributed by atoms with E-state index in [4.69, 9.17) is 19.4 Å². The lowest BCUT2D eigenvalue weighted by atomic mass is 9.67. The van der Waals surface area contributed by atoms with E-state index in [1.807, 2.05) is 84.9 Å². The molecule has 10 aromatic rings. The molecule has 0 fully saturated rings. The molecule has 5 heteroatoms. The predicted molar refractivity (Wildman–Crippen MR) is 230 cm³/mol. The van der Waals surface area contributed by atoms with Gasteiger partial charge in [0.05, 0.1) is 16.5 Å². The van der Waals surface area contributed by atoms with E-state index in [2.05, 4.69) is 121 Å². The maximum absolute atomic E-state index is 6.18. The van der Waals surface area contributed by atoms with Crippen LogP contribution in [0.3, 0.4) is 0 Å². The first-order valence-electron chi connectivity index (χ1n) is 19.2. The first-order valence-corrected chi connectivity index (χ1v) is 19.2. The van der Waals surface area contributed by atoms with E-state index in [1.54, 1.807) is 0 Å². The third-order valence-corrected chi connectivity index (χ3v) is 11.2. The largest absolute Gasteiger partial charge is 0.456 e. The summed E-state index contributed by atoms with van der Waals surface area (Å²) >= 11 is 0. The number of anilines is 2. The summed E-state index contributed by atoms with van der Waals surface area (Å²) in [5.74, 6) is 1.92. The minimum Gasteiger partial charge on any atom is -0.456 e. The number of benzene rings is 8. The molecule has 1 aliphatic rings. The van der Waals surface area contributed by atoms with Gasteiger partial charge in [-0.15, -0.1) is 0 Å². The third-order valence-electron chi connectivity index (χ3n) is 11.2. The van der Waals surface area contributed by atoms with Gasteiger partial charge in [-0.3, -0.25) is 0 Å². The normalized spacial score (nSPS) is 14.4. The molecule has 5 nitrogen and oxygen atoms in total. The molecule has 1 atom stereocenters. The van der Waals surface area contributed by atoms with E-state index in [1.165, 1.54) is 27.8 Å². The Morgan fingerprint density at radius 1 is 0.404 bits per heavy atom. The lowest BCUT2D eigenvalue weighted by Gasteiger charge is -2.34. The van der Waals surface area contributed by atoms with Crippen molar-refractivity contribution in [2.45, 2.75) is 5.41 Å². The lowest BCUT2D eigenvalue weighted by Crippen LogP contribution is -2.28. The minimum atomic E-state index is -0.561. The van der Waals surface area contributed by atoms with Crippen molar-refractivity contribution in [2.75, 3.05) is 5.32 Å². The van der Waals surface area contributed by atoms with Gasteiger partial charge in [-0.1, -0.05) is 164 Å². The summed E-state index contributed by atoms with van der Waals surface area (Å²) < 4.78 is 6.18. The van der Waals surface area contributed by atoms with Crippen LogP contribution in [0.5, 0.6) is 0 Å². The molecule has 8 aromatic carbocycles. The summed E-state index contributed by atoms with van der Waals surface area (Å²) in [7, 11) is 0. The Morgan fingerprint density at radius 3 is 1.68 bits per heavy atom. The average molecular weight is 731 g/mol. The van der Waals surface area contributed by atoms with Crippen molar-refractivity contribution >= 4 is 33.3 Å². The molecule has 11 rings (SSSR count). The molecule has 2 aromatic heterocycles. The number of furan rings is 1. The summed E-state index contributed by atoms with van der Waals surface area (Å²) in [6.45, 7) is 0. The van der Waals surface area contributed by atoms with Crippen molar-refractivity contribution in [3.05, 3.63) is 222 Å². The van der Waals surface area contributed by atoms with Crippen molar-refractivity contribution in [1.29, 1.82) is 0 Å². The van der Waals surface area contributed by atoms with Crippen LogP contribution in [-0.4, -0.2) is 15.0 Å². The van der Waals surface area contributed by atoms with Crippen molar-refractivity contribution < 1.29 is 4.42 Å². The van der Waals surface area contributed by atoms with Gasteiger partial charge in [0.25, 0.3) is 0 Å². The predicted octanol–water partition coefficient (Wildman–Crippen LogP) is 12.9. The van der Waals surface area contributed by atoms with E-state index < -0.39 is 5.41 Å². The number of fused-ring (bicyclic) bond motifs is 6. The molecule has 1 aliphatic carbocycles. The van der Waals surface area contributed by atoms with Gasteiger partial charge in [-0.25, -0.2) is 15.0 Å². The smallest absolute Gasteiger partial charge is 0.164 e. The van der Waals surface area contributed by atoms with E-state index in [0.29, 0.717) is 17.5 Å². The first kappa shape index (κ1) is 32.8. The molecule has 0 bridgehead atoms. The van der Waals surface area contributed by atoms with Crippen LogP contribution in [0.25, 0.3) is 67.2 Å². The van der Waals surface area contributed by atoms with Crippen molar-refractivity contribution in [3.63, 3.8) is 0 Å². The van der Waals surface area contributed by atoms with Crippen LogP contribution in [0, 0.1) is 0 Å². The lowest BCUT2D eigenvalue weighted by molar-refractivity contribution is 0.669. The SMILES string of the molecule is c1ccc(-c2nc(-c3ccccc3)nc(-c3ccc4c(c3)-c3ccccc3C4(c3ccccc3)c3ccc(Nc4cccc5oc6ccccc6c45)cc3)n2)cc1. The Labute approximate surface area is 330 Å². The number of nitrogens with zero attached hydrogens (tertiary/aromatic N) is 3. The molecule has 57 heavy (non-hydrogen) atoms. The fourth-order valence-electron chi connectivity index (χ4n) is 8.68. The number of nitrogens with one attached hydrogen (secondary N) is 1. The average Bonchev–Trinajstić information content (AvgIpc) is 3.82. The summed E-state index contributed by atoms with van der Waals surface area (Å²) in [5, 5.41) is 5.89. The van der Waals surface area contributed by atoms with E-state index >= 15 is 0 Å². The number of hydrogen-bond acceptors (Lipinski definition) is 5. The second kappa shape index (κ2) is 13.3. The standard InChI is InChI=1S/C52H34N4O/c1-4-15-34(16-5-1)49-54-50(35-17-6-2-7-18-35)56-51(55-49)36-27-32-44-42(33-36)40-21-10-12-23-43(40)52(44,37-19-8-3-9-20-37)38-28-30-39(31-29-38)53-45-24-14-26-47-48(45)41-22-11-13-25-46(41)57-47/h1-33,53H. The Morgan fingerprint density at radius 2 is 0.965 bits per heavy atom. The molecule has 0 spiro atoms. The molecule has 0 radical (unpaired) electrons. The highest BCUT2D eigenvalue weighted by Crippen LogP contribution is 2.56. The molecule has 0 saturated carbocycles. The third kappa shape index (κ3) is 5.35. The fourth-order valence-corrected chi connectivity index (χ4v) is 8.68. The summed E-state index contributed by atoms with van der Waals surface area (Å²) in [4.78, 5) is 15.1. The first-order chi connectivity index (χ1) is 28.2. The van der Waals surface area contributed by atoms with Crippen molar-refractivity contribution in [2.24, 2.45) is 0 Å². The van der Waals surface area contributed by atoms with Gasteiger partial charge < -0.3 is 9.73 Å². The molecule has 1 N–H and O–H groups in total. The maximum atomic E-state index is 6.18. The van der Waals surface area contributed by atoms with Crippen LogP contribution < -0.4 is 5.32 Å². The van der Waals surface area contributed by atoms with Gasteiger partial charge in [0.1, 0.15) is 11.2 Å². The van der Waals surface area contributed by atoms with E-state index in [-0.39, 0.29) is 0 Å². The van der Waals surface area contributed by atoms with Crippen LogP contribution in [0.1, 0.15) is 22.3 Å². The Balaban J connectivity index is 1.06. The monoisotopic (exact) mass is 730 g/mol. The molecule has 0 amide bonds. The Kier molecular flexibility index (Phi) is 7.64. The number of para-hydroxylation sites is 1. The van der Waals surface area contributed by atoms with E-state index in [9.17, 15) is 0 Å². The number of rotatable bonds is 7. The summed E-state index contributed by atoms with van der Waals surface area (Å²) in [6.07, 6.45) is 0. The van der Waals surface area contributed by atoms with Gasteiger partial charge in [-0.05, 0) is 69.8 Å². The van der Waals surface area contributed by atoms with Crippen LogP contribution in [0.15, 0.2) is 205 Å². The van der Waals surface area contributed by atoms with Gasteiger partial charge in [-0.2, -0.15) is 0 Å². The zero-order valence-electron chi connectivity index (χ0n) is 30.8. The number of hydrogen-bond donors (Lipinski definition) is 1. The van der Waals surface area contributed by atoms with Crippen LogP contribution in [-0.2, 0) is 5.41 Å². The second-order valence-corrected chi connectivity index (χ2v) is 14.4. The molecule has 0 aliphatic heterocycles. The summed E-state index contributed by atoms with van der Waals surface area (Å²) in [6, 6.07) is 69.9. The molecule has 1 unspecified atom stereocenters. The molecule has 0 saturated heterocycles. The fraction of sp³-hybridized carbons (Fsp3) is 0.0192. The highest BCUT2D eigenvalue weighted by atomic mass is 16.3. The second-order valence-electron chi connectivity index (χ2n) is 14.4. The van der Waals surface area contributed by atoms with E-state index in [0.717, 1.165) is 55.6 Å². The topological polar surface area (TPSA) is 63.8 Å². The maximum Gasteiger partial charge on any atom is 0.164 e. The van der Waals surface area contributed by atoms with Crippen LogP contribution in [0.4, 0.5) is 11.4 Å². The highest BCUT2D eigenvalue weighted by molar-refractivity contribution is 6.12. The van der Waals surface area contributed by atoms with Crippen molar-refractivity contribution in [3.8, 4) is 45.3 Å². The minimum absolute atomic E-state index is 0.561. The quantitative estimate of drug-likeness (QED) is 0.177. The molecule has 268 valence electrons. The highest BCUT2D eigenvalue weighted by Gasteiger charge is 2.46. The zero-order valence-corrected chi connectivity index (χ0v) is 30.8. The zero-order chi connectivity index (χ0) is 37.8. The van der Waals surface area contributed by atoms with Crippen LogP contribution in [0.2, 0.25) is 0 Å². The van der Waals surface area contributed by atoms with Crippen molar-refractivity contribution in [1.82, 2.24) is 15.0 Å². The Bertz CT molecular complexity index is 3030. The van der Waals surface area contributed by atoms with Crippen LogP contribution >= 0.6 is 0 Å². The molecular weight excluding hydrogens is 697 g/mol. The Hall–Kier alpha value is -7.63. The molecule has 2 heterocycles. The van der Waals surface area contributed by atoms with Gasteiger partial charge in [0.2, 0.25) is 0 Å². The van der Waals surface area contributed by atoms with Gasteiger partial charge >= 0.3 is 0 Å². The number of aromatic nitrogens is 3. The summed E-state index contributed by atoms with van der Waals surface area (Å²) in [5.41, 5.74) is 13.2. The molecular formula is C52H34N4O. The van der Waals surface area contributed by atoms with Gasteiger partial charge in [0.15, 0.2) is 17.5 Å².